The van der Waals surface area contributed by atoms with Gasteiger partial charge in [0.1, 0.15) is 6.61 Å². The summed E-state index contributed by atoms with van der Waals surface area (Å²) in [6.45, 7) is 6.44. The van der Waals surface area contributed by atoms with Gasteiger partial charge in [-0.2, -0.15) is 0 Å². The predicted octanol–water partition coefficient (Wildman–Crippen LogP) is 7.07. The maximum absolute atomic E-state index is 6.60. The SMILES string of the molecule is CCOc1cccc(CNc2ccc(N3CCOCC3)c(Cl)c2)c1OCc1ccc(Cl)cc1Cl. The molecule has 34 heavy (non-hydrogen) atoms. The van der Waals surface area contributed by atoms with Crippen LogP contribution in [0.3, 0.4) is 0 Å². The Labute approximate surface area is 215 Å². The number of hydrogen-bond donors (Lipinski definition) is 1. The number of nitrogens with one attached hydrogen (secondary N) is 1. The highest BCUT2D eigenvalue weighted by molar-refractivity contribution is 6.35. The van der Waals surface area contributed by atoms with Crippen molar-refractivity contribution in [3.63, 3.8) is 0 Å². The van der Waals surface area contributed by atoms with E-state index < -0.39 is 0 Å². The fourth-order valence-corrected chi connectivity index (χ4v) is 4.56. The van der Waals surface area contributed by atoms with Crippen LogP contribution < -0.4 is 19.7 Å². The highest BCUT2D eigenvalue weighted by Crippen LogP contribution is 2.34. The second kappa shape index (κ2) is 11.9. The van der Waals surface area contributed by atoms with Gasteiger partial charge in [-0.1, -0.05) is 53.0 Å². The van der Waals surface area contributed by atoms with Gasteiger partial charge >= 0.3 is 0 Å². The van der Waals surface area contributed by atoms with Crippen molar-refractivity contribution >= 4 is 46.2 Å². The molecule has 1 saturated heterocycles. The van der Waals surface area contributed by atoms with E-state index in [0.29, 0.717) is 46.3 Å². The molecule has 0 spiro atoms. The van der Waals surface area contributed by atoms with E-state index in [4.69, 9.17) is 49.0 Å². The zero-order chi connectivity index (χ0) is 23.9. The van der Waals surface area contributed by atoms with Gasteiger partial charge in [-0.15, -0.1) is 0 Å². The van der Waals surface area contributed by atoms with Gasteiger partial charge in [0.25, 0.3) is 0 Å². The lowest BCUT2D eigenvalue weighted by Crippen LogP contribution is -2.36. The minimum absolute atomic E-state index is 0.299. The van der Waals surface area contributed by atoms with Crippen molar-refractivity contribution in [2.75, 3.05) is 43.1 Å². The van der Waals surface area contributed by atoms with Gasteiger partial charge in [0, 0.05) is 46.5 Å². The van der Waals surface area contributed by atoms with Gasteiger partial charge in [-0.25, -0.2) is 0 Å². The first-order valence-corrected chi connectivity index (χ1v) is 12.4. The van der Waals surface area contributed by atoms with Gasteiger partial charge < -0.3 is 24.4 Å². The highest BCUT2D eigenvalue weighted by Gasteiger charge is 2.16. The number of para-hydroxylation sites is 1. The number of morpholine rings is 1. The van der Waals surface area contributed by atoms with Crippen LogP contribution in [0.5, 0.6) is 11.5 Å². The zero-order valence-electron chi connectivity index (χ0n) is 19.0. The summed E-state index contributed by atoms with van der Waals surface area (Å²) in [6, 6.07) is 17.3. The molecule has 0 saturated carbocycles. The average Bonchev–Trinajstić information content (AvgIpc) is 2.84. The summed E-state index contributed by atoms with van der Waals surface area (Å²) in [7, 11) is 0. The molecular weight excluding hydrogens is 495 g/mol. The van der Waals surface area contributed by atoms with E-state index in [1.807, 2.05) is 49.4 Å². The molecule has 8 heteroatoms. The minimum Gasteiger partial charge on any atom is -0.490 e. The van der Waals surface area contributed by atoms with Gasteiger partial charge in [-0.05, 0) is 43.3 Å². The molecule has 4 rings (SSSR count). The molecule has 1 aliphatic heterocycles. The molecule has 0 radical (unpaired) electrons. The van der Waals surface area contributed by atoms with E-state index in [0.717, 1.165) is 48.8 Å². The van der Waals surface area contributed by atoms with Crippen LogP contribution in [-0.2, 0) is 17.9 Å². The smallest absolute Gasteiger partial charge is 0.166 e. The predicted molar refractivity (Wildman–Crippen MR) is 140 cm³/mol. The molecule has 1 aliphatic rings. The van der Waals surface area contributed by atoms with E-state index in [2.05, 4.69) is 10.2 Å². The summed E-state index contributed by atoms with van der Waals surface area (Å²) in [4.78, 5) is 2.25. The van der Waals surface area contributed by atoms with Crippen molar-refractivity contribution in [1.29, 1.82) is 0 Å². The van der Waals surface area contributed by atoms with Crippen LogP contribution in [0.2, 0.25) is 15.1 Å². The lowest BCUT2D eigenvalue weighted by Gasteiger charge is -2.29. The molecule has 180 valence electrons. The Morgan fingerprint density at radius 2 is 1.74 bits per heavy atom. The van der Waals surface area contributed by atoms with Gasteiger partial charge in [-0.3, -0.25) is 0 Å². The molecule has 5 nitrogen and oxygen atoms in total. The largest absolute Gasteiger partial charge is 0.490 e. The molecule has 0 atom stereocenters. The van der Waals surface area contributed by atoms with E-state index >= 15 is 0 Å². The fraction of sp³-hybridized carbons (Fsp3) is 0.308. The number of ether oxygens (including phenoxy) is 3. The minimum atomic E-state index is 0.299. The standard InChI is InChI=1S/C26H27Cl3N2O3/c1-2-33-25-5-3-4-18(26(25)34-17-19-6-7-20(27)14-22(19)28)16-30-21-8-9-24(23(29)15-21)31-10-12-32-13-11-31/h3-9,14-15,30H,2,10-13,16-17H2,1H3. The number of anilines is 2. The molecule has 1 fully saturated rings. The van der Waals surface area contributed by atoms with Gasteiger partial charge in [0.15, 0.2) is 11.5 Å². The summed E-state index contributed by atoms with van der Waals surface area (Å²) < 4.78 is 17.5. The second-order valence-electron chi connectivity index (χ2n) is 7.82. The highest BCUT2D eigenvalue weighted by atomic mass is 35.5. The Hall–Kier alpha value is -2.31. The third-order valence-corrected chi connectivity index (χ3v) is 6.42. The summed E-state index contributed by atoms with van der Waals surface area (Å²) in [6.07, 6.45) is 0. The lowest BCUT2D eigenvalue weighted by atomic mass is 10.1. The Morgan fingerprint density at radius 1 is 0.912 bits per heavy atom. The van der Waals surface area contributed by atoms with Crippen LogP contribution in [0.15, 0.2) is 54.6 Å². The maximum atomic E-state index is 6.60. The normalized spacial score (nSPS) is 13.6. The summed E-state index contributed by atoms with van der Waals surface area (Å²) in [5, 5.41) is 5.32. The molecular formula is C26H27Cl3N2O3. The number of halogens is 3. The molecule has 1 N–H and O–H groups in total. The first kappa shape index (κ1) is 24.8. The topological polar surface area (TPSA) is 43.0 Å². The summed E-state index contributed by atoms with van der Waals surface area (Å²) in [5.41, 5.74) is 3.76. The number of nitrogens with zero attached hydrogens (tertiary/aromatic N) is 1. The van der Waals surface area contributed by atoms with Crippen molar-refractivity contribution in [2.24, 2.45) is 0 Å². The second-order valence-corrected chi connectivity index (χ2v) is 9.07. The van der Waals surface area contributed by atoms with E-state index in [1.165, 1.54) is 0 Å². The Balaban J connectivity index is 1.49. The summed E-state index contributed by atoms with van der Waals surface area (Å²) in [5.74, 6) is 1.37. The first-order valence-electron chi connectivity index (χ1n) is 11.2. The summed E-state index contributed by atoms with van der Waals surface area (Å²) >= 11 is 18.9. The van der Waals surface area contributed by atoms with Crippen molar-refractivity contribution in [3.8, 4) is 11.5 Å². The Bertz CT molecular complexity index is 1120. The lowest BCUT2D eigenvalue weighted by molar-refractivity contribution is 0.122. The molecule has 3 aromatic rings. The van der Waals surface area contributed by atoms with Crippen molar-refractivity contribution < 1.29 is 14.2 Å². The van der Waals surface area contributed by atoms with Gasteiger partial charge in [0.05, 0.1) is 30.5 Å². The molecule has 0 amide bonds. The number of rotatable bonds is 9. The van der Waals surface area contributed by atoms with E-state index in [9.17, 15) is 0 Å². The molecule has 0 bridgehead atoms. The number of benzene rings is 3. The van der Waals surface area contributed by atoms with Crippen LogP contribution in [-0.4, -0.2) is 32.9 Å². The van der Waals surface area contributed by atoms with Crippen molar-refractivity contribution in [1.82, 2.24) is 0 Å². The van der Waals surface area contributed by atoms with E-state index in [1.54, 1.807) is 12.1 Å². The van der Waals surface area contributed by atoms with Crippen LogP contribution in [0.25, 0.3) is 0 Å². The molecule has 1 heterocycles. The van der Waals surface area contributed by atoms with Crippen LogP contribution in [0.1, 0.15) is 18.1 Å². The zero-order valence-corrected chi connectivity index (χ0v) is 21.2. The molecule has 0 aliphatic carbocycles. The maximum Gasteiger partial charge on any atom is 0.166 e. The third-order valence-electron chi connectivity index (χ3n) is 5.53. The Morgan fingerprint density at radius 3 is 2.47 bits per heavy atom. The van der Waals surface area contributed by atoms with E-state index in [-0.39, 0.29) is 0 Å². The van der Waals surface area contributed by atoms with Gasteiger partial charge in [0.2, 0.25) is 0 Å². The molecule has 3 aromatic carbocycles. The quantitative estimate of drug-likeness (QED) is 0.326. The fourth-order valence-electron chi connectivity index (χ4n) is 3.80. The van der Waals surface area contributed by atoms with Crippen LogP contribution in [0.4, 0.5) is 11.4 Å². The van der Waals surface area contributed by atoms with Crippen molar-refractivity contribution in [3.05, 3.63) is 80.8 Å². The Kier molecular flexibility index (Phi) is 8.68. The number of hydrogen-bond acceptors (Lipinski definition) is 5. The molecule has 0 unspecified atom stereocenters. The van der Waals surface area contributed by atoms with Crippen LogP contribution in [0, 0.1) is 0 Å². The molecule has 0 aromatic heterocycles. The van der Waals surface area contributed by atoms with Crippen molar-refractivity contribution in [2.45, 2.75) is 20.1 Å². The third kappa shape index (κ3) is 6.22. The average molecular weight is 522 g/mol. The monoisotopic (exact) mass is 520 g/mol. The van der Waals surface area contributed by atoms with Crippen LogP contribution >= 0.6 is 34.8 Å². The first-order chi connectivity index (χ1) is 16.5.